The fraction of sp³-hybridized carbons (Fsp3) is 0. The molecule has 0 nitrogen and oxygen atoms in total. The first-order valence-electron chi connectivity index (χ1n) is 3.26. The van der Waals surface area contributed by atoms with Gasteiger partial charge < -0.3 is 0 Å². The van der Waals surface area contributed by atoms with Gasteiger partial charge in [-0.2, -0.15) is 0 Å². The van der Waals surface area contributed by atoms with Gasteiger partial charge in [-0.1, -0.05) is 58.0 Å². The summed E-state index contributed by atoms with van der Waals surface area (Å²) in [5.74, 6) is 0. The lowest BCUT2D eigenvalue weighted by Gasteiger charge is -2.16. The Bertz CT molecular complexity index is 380. The van der Waals surface area contributed by atoms with Gasteiger partial charge in [-0.3, -0.25) is 0 Å². The lowest BCUT2D eigenvalue weighted by molar-refractivity contribution is 1.74. The van der Waals surface area contributed by atoms with E-state index in [1.807, 2.05) is 0 Å². The molecule has 1 aromatic rings. The van der Waals surface area contributed by atoms with Crippen molar-refractivity contribution >= 4 is 102 Å². The minimum Gasteiger partial charge on any atom is -0.121 e. The predicted octanol–water partition coefficient (Wildman–Crippen LogP) is 5.82. The molecule has 0 atom stereocenters. The molecule has 9 heteroatoms. The Morgan fingerprint density at radius 3 is 1.07 bits per heavy atom. The quantitative estimate of drug-likeness (QED) is 0.248. The Balaban J connectivity index is 3.68. The molecular weight excluding hydrogens is 384 g/mol. The second-order valence-electron chi connectivity index (χ2n) is 2.44. The summed E-state index contributed by atoms with van der Waals surface area (Å²) < 4.78 is 0. The molecule has 1 aromatic carbocycles. The molecule has 0 radical (unpaired) electrons. The van der Waals surface area contributed by atoms with Crippen LogP contribution in [0, 0.1) is 0 Å². The average molecular weight is 384 g/mol. The summed E-state index contributed by atoms with van der Waals surface area (Å²) >= 11 is 46.6. The van der Waals surface area contributed by atoms with Crippen molar-refractivity contribution in [2.75, 3.05) is 0 Å². The molecule has 0 spiro atoms. The summed E-state index contributed by atoms with van der Waals surface area (Å²) in [5.41, 5.74) is 0. The standard InChI is InChI=1S/C6Cl8Si/c7-1-2(8)4(10)6(15(12,13)14)5(11)3(1)9. The maximum Gasteiger partial charge on any atom is 0.376 e. The van der Waals surface area contributed by atoms with Gasteiger partial charge in [-0.25, -0.2) is 0 Å². The summed E-state index contributed by atoms with van der Waals surface area (Å²) in [6, 6.07) is -3.28. The maximum absolute atomic E-state index is 5.88. The van der Waals surface area contributed by atoms with E-state index in [0.717, 1.165) is 0 Å². The van der Waals surface area contributed by atoms with Crippen LogP contribution in [0.3, 0.4) is 0 Å². The summed E-state index contributed by atoms with van der Waals surface area (Å²) in [4.78, 5) is 0. The average Bonchev–Trinajstić information content (AvgIpc) is 2.09. The first-order valence-corrected chi connectivity index (χ1v) is 10.2. The van der Waals surface area contributed by atoms with Crippen molar-refractivity contribution < 1.29 is 0 Å². The number of benzene rings is 1. The van der Waals surface area contributed by atoms with Crippen LogP contribution in [0.15, 0.2) is 0 Å². The van der Waals surface area contributed by atoms with Crippen LogP contribution in [0.2, 0.25) is 25.1 Å². The van der Waals surface area contributed by atoms with Crippen molar-refractivity contribution in [3.63, 3.8) is 0 Å². The molecule has 0 aliphatic heterocycles. The van der Waals surface area contributed by atoms with Crippen LogP contribution >= 0.6 is 91.2 Å². The maximum atomic E-state index is 5.88. The van der Waals surface area contributed by atoms with Crippen LogP contribution in [-0.4, -0.2) is 6.00 Å². The zero-order chi connectivity index (χ0) is 12.0. The van der Waals surface area contributed by atoms with E-state index < -0.39 is 6.00 Å². The van der Waals surface area contributed by atoms with Gasteiger partial charge >= 0.3 is 6.00 Å². The van der Waals surface area contributed by atoms with Crippen LogP contribution in [0.25, 0.3) is 0 Å². The van der Waals surface area contributed by atoms with E-state index in [4.69, 9.17) is 91.2 Å². The van der Waals surface area contributed by atoms with Crippen molar-refractivity contribution in [3.8, 4) is 0 Å². The SMILES string of the molecule is Clc1c(Cl)c(Cl)c([Si](Cl)(Cl)Cl)c(Cl)c1Cl. The Morgan fingerprint density at radius 2 is 0.800 bits per heavy atom. The molecule has 1 rings (SSSR count). The van der Waals surface area contributed by atoms with Crippen LogP contribution in [0.5, 0.6) is 0 Å². The van der Waals surface area contributed by atoms with Gasteiger partial charge in [0.15, 0.2) is 0 Å². The van der Waals surface area contributed by atoms with Gasteiger partial charge in [-0.05, 0) is 0 Å². The normalized spacial score (nSPS) is 12.0. The molecule has 0 heterocycles. The van der Waals surface area contributed by atoms with Crippen LogP contribution in [0.1, 0.15) is 0 Å². The Morgan fingerprint density at radius 1 is 0.533 bits per heavy atom. The van der Waals surface area contributed by atoms with E-state index in [1.54, 1.807) is 0 Å². The predicted molar refractivity (Wildman–Crippen MR) is 74.4 cm³/mol. The first-order chi connectivity index (χ1) is 6.68. The highest BCUT2D eigenvalue weighted by Crippen LogP contribution is 2.42. The highest BCUT2D eigenvalue weighted by Gasteiger charge is 2.36. The van der Waals surface area contributed by atoms with E-state index in [-0.39, 0.29) is 30.3 Å². The molecule has 15 heavy (non-hydrogen) atoms. The largest absolute Gasteiger partial charge is 0.376 e. The van der Waals surface area contributed by atoms with Crippen molar-refractivity contribution in [1.82, 2.24) is 0 Å². The molecule has 0 saturated carbocycles. The summed E-state index contributed by atoms with van der Waals surface area (Å²) in [5, 5.41) is 0.309. The van der Waals surface area contributed by atoms with E-state index in [0.29, 0.717) is 0 Å². The molecule has 0 amide bonds. The molecule has 0 bridgehead atoms. The molecule has 84 valence electrons. The van der Waals surface area contributed by atoms with Crippen LogP contribution in [0.4, 0.5) is 0 Å². The van der Waals surface area contributed by atoms with Gasteiger partial charge in [0.1, 0.15) is 0 Å². The van der Waals surface area contributed by atoms with Gasteiger partial charge in [0.25, 0.3) is 0 Å². The summed E-state index contributed by atoms with van der Waals surface area (Å²) in [6.45, 7) is 0. The zero-order valence-corrected chi connectivity index (χ0v) is 13.6. The number of hydrogen-bond donors (Lipinski definition) is 0. The van der Waals surface area contributed by atoms with E-state index >= 15 is 0 Å². The highest BCUT2D eigenvalue weighted by molar-refractivity contribution is 7.69. The number of hydrogen-bond acceptors (Lipinski definition) is 0. The van der Waals surface area contributed by atoms with Crippen LogP contribution < -0.4 is 5.19 Å². The van der Waals surface area contributed by atoms with E-state index in [1.165, 1.54) is 0 Å². The van der Waals surface area contributed by atoms with Gasteiger partial charge in [0.2, 0.25) is 0 Å². The lowest BCUT2D eigenvalue weighted by Crippen LogP contribution is -2.32. The second-order valence-corrected chi connectivity index (χ2v) is 12.7. The molecule has 0 N–H and O–H groups in total. The third kappa shape index (κ3) is 2.96. The van der Waals surface area contributed by atoms with Crippen molar-refractivity contribution in [3.05, 3.63) is 25.1 Å². The van der Waals surface area contributed by atoms with Crippen molar-refractivity contribution in [2.45, 2.75) is 0 Å². The first kappa shape index (κ1) is 14.8. The smallest absolute Gasteiger partial charge is 0.121 e. The fourth-order valence-corrected chi connectivity index (χ4v) is 6.32. The monoisotopic (exact) mass is 380 g/mol. The third-order valence-electron chi connectivity index (χ3n) is 1.49. The number of halogens is 8. The topological polar surface area (TPSA) is 0 Å². The fourth-order valence-electron chi connectivity index (χ4n) is 0.854. The van der Waals surface area contributed by atoms with Gasteiger partial charge in [0.05, 0.1) is 25.1 Å². The summed E-state index contributed by atoms with van der Waals surface area (Å²) in [7, 11) is 0. The van der Waals surface area contributed by atoms with Gasteiger partial charge in [0, 0.05) is 5.19 Å². The summed E-state index contributed by atoms with van der Waals surface area (Å²) in [6.07, 6.45) is 0. The molecule has 0 aliphatic carbocycles. The highest BCUT2D eigenvalue weighted by atomic mass is 35.8. The molecular formula is C6Cl8Si. The molecule has 0 aromatic heterocycles. The second kappa shape index (κ2) is 5.17. The molecule has 0 fully saturated rings. The lowest BCUT2D eigenvalue weighted by atomic mass is 10.3. The van der Waals surface area contributed by atoms with Crippen molar-refractivity contribution in [2.24, 2.45) is 0 Å². The minimum absolute atomic E-state index is 0.0292. The van der Waals surface area contributed by atoms with Crippen LogP contribution in [-0.2, 0) is 0 Å². The third-order valence-corrected chi connectivity index (χ3v) is 6.85. The molecule has 0 saturated heterocycles. The zero-order valence-electron chi connectivity index (χ0n) is 6.52. The minimum atomic E-state index is -3.28. The molecule has 0 unspecified atom stereocenters. The Labute approximate surface area is 126 Å². The van der Waals surface area contributed by atoms with Gasteiger partial charge in [-0.15, -0.1) is 33.2 Å². The Kier molecular flexibility index (Phi) is 5.11. The Hall–Kier alpha value is 1.76. The van der Waals surface area contributed by atoms with E-state index in [2.05, 4.69) is 0 Å². The molecule has 0 aliphatic rings. The van der Waals surface area contributed by atoms with Crippen molar-refractivity contribution in [1.29, 1.82) is 0 Å². The van der Waals surface area contributed by atoms with E-state index in [9.17, 15) is 0 Å². The number of rotatable bonds is 1.